The van der Waals surface area contributed by atoms with E-state index in [-0.39, 0.29) is 6.04 Å². The van der Waals surface area contributed by atoms with Crippen LogP contribution in [0.1, 0.15) is 26.7 Å². The van der Waals surface area contributed by atoms with Crippen LogP contribution in [-0.4, -0.2) is 60.6 Å². The monoisotopic (exact) mass is 302 g/mol. The molecule has 0 aromatic carbocycles. The Hall–Kier alpha value is -1.83. The molecule has 8 heteroatoms. The molecule has 0 aliphatic carbocycles. The maximum Gasteiger partial charge on any atom is 0.326 e. The van der Waals surface area contributed by atoms with Crippen LogP contribution < -0.4 is 16.4 Å². The zero-order valence-corrected chi connectivity index (χ0v) is 13.0. The van der Waals surface area contributed by atoms with Crippen molar-refractivity contribution in [1.82, 2.24) is 15.5 Å². The molecule has 0 aromatic heterocycles. The number of nitrogens with zero attached hydrogens (tertiary/aromatic N) is 1. The molecule has 2 unspecified atom stereocenters. The van der Waals surface area contributed by atoms with Crippen molar-refractivity contribution in [3.63, 3.8) is 0 Å². The Kier molecular flexibility index (Phi) is 8.37. The SMILES string of the molecule is CC(C)CC(CN(C)C)NC(=O)NC(CC(N)=O)C(=O)O. The zero-order chi connectivity index (χ0) is 16.6. The third-order valence-corrected chi connectivity index (χ3v) is 2.69. The van der Waals surface area contributed by atoms with Crippen molar-refractivity contribution in [3.8, 4) is 0 Å². The van der Waals surface area contributed by atoms with E-state index in [1.54, 1.807) is 0 Å². The van der Waals surface area contributed by atoms with Crippen molar-refractivity contribution >= 4 is 17.9 Å². The maximum atomic E-state index is 11.9. The molecule has 0 bridgehead atoms. The van der Waals surface area contributed by atoms with E-state index in [9.17, 15) is 14.4 Å². The summed E-state index contributed by atoms with van der Waals surface area (Å²) in [5, 5.41) is 13.9. The van der Waals surface area contributed by atoms with Gasteiger partial charge < -0.3 is 26.4 Å². The molecular formula is C13H26N4O4. The molecule has 21 heavy (non-hydrogen) atoms. The maximum absolute atomic E-state index is 11.9. The Morgan fingerprint density at radius 2 is 1.76 bits per heavy atom. The van der Waals surface area contributed by atoms with E-state index in [0.717, 1.165) is 6.42 Å². The van der Waals surface area contributed by atoms with Gasteiger partial charge in [0, 0.05) is 12.6 Å². The lowest BCUT2D eigenvalue weighted by atomic mass is 10.0. The summed E-state index contributed by atoms with van der Waals surface area (Å²) >= 11 is 0. The highest BCUT2D eigenvalue weighted by molar-refractivity contribution is 5.87. The first kappa shape index (κ1) is 19.2. The zero-order valence-electron chi connectivity index (χ0n) is 13.0. The normalized spacial score (nSPS) is 13.8. The third-order valence-electron chi connectivity index (χ3n) is 2.69. The van der Waals surface area contributed by atoms with Gasteiger partial charge in [0.2, 0.25) is 5.91 Å². The molecule has 0 rings (SSSR count). The number of primary amides is 1. The van der Waals surface area contributed by atoms with E-state index in [2.05, 4.69) is 10.6 Å². The van der Waals surface area contributed by atoms with Crippen LogP contribution in [0.5, 0.6) is 0 Å². The number of hydrogen-bond donors (Lipinski definition) is 4. The predicted octanol–water partition coefficient (Wildman–Crippen LogP) is -0.409. The van der Waals surface area contributed by atoms with Crippen molar-refractivity contribution in [2.45, 2.75) is 38.8 Å². The van der Waals surface area contributed by atoms with Gasteiger partial charge >= 0.3 is 12.0 Å². The van der Waals surface area contributed by atoms with Crippen LogP contribution in [0.25, 0.3) is 0 Å². The standard InChI is InChI=1S/C13H26N4O4/c1-8(2)5-9(7-17(3)4)15-13(21)16-10(12(19)20)6-11(14)18/h8-10H,5-7H2,1-4H3,(H2,14,18)(H,19,20)(H2,15,16,21). The Morgan fingerprint density at radius 3 is 2.14 bits per heavy atom. The van der Waals surface area contributed by atoms with Gasteiger partial charge in [-0.25, -0.2) is 9.59 Å². The summed E-state index contributed by atoms with van der Waals surface area (Å²) in [4.78, 5) is 35.5. The quantitative estimate of drug-likeness (QED) is 0.461. The smallest absolute Gasteiger partial charge is 0.326 e. The van der Waals surface area contributed by atoms with Crippen LogP contribution in [0, 0.1) is 5.92 Å². The second kappa shape index (κ2) is 9.17. The number of nitrogens with one attached hydrogen (secondary N) is 2. The summed E-state index contributed by atoms with van der Waals surface area (Å²) in [6.45, 7) is 4.71. The number of nitrogens with two attached hydrogens (primary N) is 1. The van der Waals surface area contributed by atoms with Gasteiger partial charge in [-0.15, -0.1) is 0 Å². The van der Waals surface area contributed by atoms with Crippen LogP contribution in [0.4, 0.5) is 4.79 Å². The number of carbonyl (C=O) groups is 3. The lowest BCUT2D eigenvalue weighted by Gasteiger charge is -2.25. The first-order valence-corrected chi connectivity index (χ1v) is 6.84. The Bertz CT molecular complexity index is 361. The molecule has 2 atom stereocenters. The Labute approximate surface area is 125 Å². The second-order valence-electron chi connectivity index (χ2n) is 5.77. The van der Waals surface area contributed by atoms with Crippen molar-refractivity contribution < 1.29 is 19.5 Å². The van der Waals surface area contributed by atoms with Gasteiger partial charge in [0.1, 0.15) is 6.04 Å². The summed E-state index contributed by atoms with van der Waals surface area (Å²) in [5.74, 6) is -1.69. The van der Waals surface area contributed by atoms with E-state index in [0.29, 0.717) is 12.5 Å². The van der Waals surface area contributed by atoms with Crippen LogP contribution in [0.15, 0.2) is 0 Å². The van der Waals surface area contributed by atoms with Gasteiger partial charge in [-0.05, 0) is 26.4 Å². The number of likely N-dealkylation sites (N-methyl/N-ethyl adjacent to an activating group) is 1. The van der Waals surface area contributed by atoms with Crippen molar-refractivity contribution in [2.24, 2.45) is 11.7 Å². The first-order valence-electron chi connectivity index (χ1n) is 6.84. The van der Waals surface area contributed by atoms with Crippen molar-refractivity contribution in [1.29, 1.82) is 0 Å². The number of carboxylic acids is 1. The lowest BCUT2D eigenvalue weighted by molar-refractivity contribution is -0.140. The lowest BCUT2D eigenvalue weighted by Crippen LogP contribution is -2.52. The number of carbonyl (C=O) groups excluding carboxylic acids is 2. The van der Waals surface area contributed by atoms with Crippen LogP contribution in [-0.2, 0) is 9.59 Å². The van der Waals surface area contributed by atoms with E-state index < -0.39 is 30.4 Å². The summed E-state index contributed by atoms with van der Waals surface area (Å²) < 4.78 is 0. The van der Waals surface area contributed by atoms with Gasteiger partial charge in [-0.1, -0.05) is 13.8 Å². The van der Waals surface area contributed by atoms with E-state index in [1.807, 2.05) is 32.8 Å². The predicted molar refractivity (Wildman–Crippen MR) is 78.7 cm³/mol. The molecule has 0 spiro atoms. The molecule has 0 aromatic rings. The van der Waals surface area contributed by atoms with Gasteiger partial charge in [-0.2, -0.15) is 0 Å². The van der Waals surface area contributed by atoms with Gasteiger partial charge in [0.15, 0.2) is 0 Å². The number of amides is 3. The van der Waals surface area contributed by atoms with E-state index in [1.165, 1.54) is 0 Å². The van der Waals surface area contributed by atoms with Gasteiger partial charge in [0.05, 0.1) is 6.42 Å². The summed E-state index contributed by atoms with van der Waals surface area (Å²) in [6, 6.07) is -2.04. The molecule has 122 valence electrons. The molecule has 0 saturated heterocycles. The number of carboxylic acid groups (broad SMARTS) is 1. The molecule has 0 aliphatic rings. The molecule has 5 N–H and O–H groups in total. The third kappa shape index (κ3) is 9.67. The highest BCUT2D eigenvalue weighted by Gasteiger charge is 2.23. The number of aliphatic carboxylic acids is 1. The largest absolute Gasteiger partial charge is 0.480 e. The molecular weight excluding hydrogens is 276 g/mol. The van der Waals surface area contributed by atoms with Crippen LogP contribution >= 0.6 is 0 Å². The number of hydrogen-bond acceptors (Lipinski definition) is 4. The summed E-state index contributed by atoms with van der Waals surface area (Å²) in [7, 11) is 3.78. The molecule has 0 radical (unpaired) electrons. The summed E-state index contributed by atoms with van der Waals surface area (Å²) in [5.41, 5.74) is 4.96. The van der Waals surface area contributed by atoms with Crippen LogP contribution in [0.3, 0.4) is 0 Å². The fourth-order valence-corrected chi connectivity index (χ4v) is 1.98. The van der Waals surface area contributed by atoms with Gasteiger partial charge in [0.25, 0.3) is 0 Å². The molecule has 0 fully saturated rings. The number of urea groups is 1. The molecule has 8 nitrogen and oxygen atoms in total. The molecule has 0 saturated carbocycles. The second-order valence-corrected chi connectivity index (χ2v) is 5.77. The summed E-state index contributed by atoms with van der Waals surface area (Å²) in [6.07, 6.45) is 0.324. The van der Waals surface area contributed by atoms with Crippen molar-refractivity contribution in [3.05, 3.63) is 0 Å². The fourth-order valence-electron chi connectivity index (χ4n) is 1.98. The fraction of sp³-hybridized carbons (Fsp3) is 0.769. The Balaban J connectivity index is 4.58. The topological polar surface area (TPSA) is 125 Å². The van der Waals surface area contributed by atoms with Gasteiger partial charge in [-0.3, -0.25) is 4.79 Å². The highest BCUT2D eigenvalue weighted by atomic mass is 16.4. The molecule has 0 aliphatic heterocycles. The minimum absolute atomic E-state index is 0.108. The highest BCUT2D eigenvalue weighted by Crippen LogP contribution is 2.05. The van der Waals surface area contributed by atoms with Crippen LogP contribution in [0.2, 0.25) is 0 Å². The Morgan fingerprint density at radius 1 is 1.19 bits per heavy atom. The average Bonchev–Trinajstić information content (AvgIpc) is 2.24. The van der Waals surface area contributed by atoms with E-state index >= 15 is 0 Å². The first-order chi connectivity index (χ1) is 9.61. The number of rotatable bonds is 9. The average molecular weight is 302 g/mol. The molecule has 3 amide bonds. The molecule has 0 heterocycles. The minimum atomic E-state index is -1.32. The van der Waals surface area contributed by atoms with Crippen molar-refractivity contribution in [2.75, 3.05) is 20.6 Å². The van der Waals surface area contributed by atoms with E-state index in [4.69, 9.17) is 10.8 Å². The minimum Gasteiger partial charge on any atom is -0.480 e.